The zero-order valence-electron chi connectivity index (χ0n) is 14.6. The fourth-order valence-electron chi connectivity index (χ4n) is 2.24. The van der Waals surface area contributed by atoms with Gasteiger partial charge in [0.15, 0.2) is 6.10 Å². The fraction of sp³-hybridized carbons (Fsp3) is 0.250. The lowest BCUT2D eigenvalue weighted by Gasteiger charge is -2.14. The standard InChI is InChI=1S/C20H22N2O4/c1-15(20(25)22-13-17-10-6-3-7-11-17)26-19(24)14-21-18(23)12-16-8-4-2-5-9-16/h2-11,15H,12-14H2,1H3,(H,21,23)(H,22,25). The summed E-state index contributed by atoms with van der Waals surface area (Å²) in [5.74, 6) is -1.33. The monoisotopic (exact) mass is 354 g/mol. The van der Waals surface area contributed by atoms with Gasteiger partial charge in [0.2, 0.25) is 5.91 Å². The van der Waals surface area contributed by atoms with Crippen molar-refractivity contribution in [3.05, 3.63) is 71.8 Å². The molecule has 1 atom stereocenters. The third-order valence-corrected chi connectivity index (χ3v) is 3.62. The van der Waals surface area contributed by atoms with Crippen LogP contribution in [-0.2, 0) is 32.1 Å². The molecule has 6 heteroatoms. The molecule has 0 bridgehead atoms. The lowest BCUT2D eigenvalue weighted by atomic mass is 10.1. The number of amides is 2. The molecule has 0 aromatic heterocycles. The van der Waals surface area contributed by atoms with Gasteiger partial charge in [-0.25, -0.2) is 0 Å². The van der Waals surface area contributed by atoms with Crippen LogP contribution < -0.4 is 10.6 Å². The van der Waals surface area contributed by atoms with Crippen LogP contribution in [0.5, 0.6) is 0 Å². The Kier molecular flexibility index (Phi) is 7.36. The van der Waals surface area contributed by atoms with Crippen LogP contribution in [0.25, 0.3) is 0 Å². The normalized spacial score (nSPS) is 11.3. The maximum Gasteiger partial charge on any atom is 0.326 e. The second kappa shape index (κ2) is 9.98. The molecule has 2 rings (SSSR count). The van der Waals surface area contributed by atoms with Crippen molar-refractivity contribution < 1.29 is 19.1 Å². The van der Waals surface area contributed by atoms with E-state index in [2.05, 4.69) is 10.6 Å². The van der Waals surface area contributed by atoms with Crippen molar-refractivity contribution in [3.63, 3.8) is 0 Å². The van der Waals surface area contributed by atoms with E-state index in [0.717, 1.165) is 11.1 Å². The first-order valence-corrected chi connectivity index (χ1v) is 8.36. The second-order valence-corrected chi connectivity index (χ2v) is 5.77. The van der Waals surface area contributed by atoms with Crippen molar-refractivity contribution in [2.75, 3.05) is 6.54 Å². The molecule has 0 saturated heterocycles. The number of rotatable bonds is 8. The molecule has 0 spiro atoms. The molecule has 0 aliphatic rings. The van der Waals surface area contributed by atoms with Gasteiger partial charge in [0.05, 0.1) is 6.42 Å². The van der Waals surface area contributed by atoms with Gasteiger partial charge < -0.3 is 15.4 Å². The van der Waals surface area contributed by atoms with Crippen molar-refractivity contribution in [2.45, 2.75) is 26.0 Å². The smallest absolute Gasteiger partial charge is 0.326 e. The van der Waals surface area contributed by atoms with Gasteiger partial charge in [0, 0.05) is 6.54 Å². The zero-order chi connectivity index (χ0) is 18.8. The van der Waals surface area contributed by atoms with Gasteiger partial charge >= 0.3 is 5.97 Å². The highest BCUT2D eigenvalue weighted by Crippen LogP contribution is 2.00. The number of esters is 1. The molecule has 0 saturated carbocycles. The van der Waals surface area contributed by atoms with E-state index < -0.39 is 18.0 Å². The predicted molar refractivity (Wildman–Crippen MR) is 97.0 cm³/mol. The Hall–Kier alpha value is -3.15. The van der Waals surface area contributed by atoms with Gasteiger partial charge in [0.25, 0.3) is 5.91 Å². The van der Waals surface area contributed by atoms with Crippen LogP contribution in [0.4, 0.5) is 0 Å². The predicted octanol–water partition coefficient (Wildman–Crippen LogP) is 1.59. The minimum atomic E-state index is -0.933. The van der Waals surface area contributed by atoms with E-state index in [4.69, 9.17) is 4.74 Å². The van der Waals surface area contributed by atoms with Gasteiger partial charge in [0.1, 0.15) is 6.54 Å². The molecule has 0 radical (unpaired) electrons. The van der Waals surface area contributed by atoms with Gasteiger partial charge in [-0.1, -0.05) is 60.7 Å². The molecule has 26 heavy (non-hydrogen) atoms. The topological polar surface area (TPSA) is 84.5 Å². The Labute approximate surface area is 152 Å². The van der Waals surface area contributed by atoms with Crippen LogP contribution in [0, 0.1) is 0 Å². The Bertz CT molecular complexity index is 732. The molecule has 2 aromatic carbocycles. The summed E-state index contributed by atoms with van der Waals surface area (Å²) in [7, 11) is 0. The van der Waals surface area contributed by atoms with Crippen molar-refractivity contribution in [1.82, 2.24) is 10.6 Å². The number of hydrogen-bond donors (Lipinski definition) is 2. The molecule has 0 fully saturated rings. The summed E-state index contributed by atoms with van der Waals surface area (Å²) < 4.78 is 5.04. The molecule has 0 aliphatic carbocycles. The van der Waals surface area contributed by atoms with Gasteiger partial charge in [-0.2, -0.15) is 0 Å². The van der Waals surface area contributed by atoms with E-state index in [1.165, 1.54) is 6.92 Å². The second-order valence-electron chi connectivity index (χ2n) is 5.77. The Balaban J connectivity index is 1.67. The van der Waals surface area contributed by atoms with Crippen molar-refractivity contribution in [1.29, 1.82) is 0 Å². The first-order chi connectivity index (χ1) is 12.5. The SMILES string of the molecule is CC(OC(=O)CNC(=O)Cc1ccccc1)C(=O)NCc1ccccc1. The molecule has 2 aromatic rings. The molecule has 0 heterocycles. The van der Waals surface area contributed by atoms with E-state index in [1.54, 1.807) is 0 Å². The lowest BCUT2D eigenvalue weighted by Crippen LogP contribution is -2.38. The largest absolute Gasteiger partial charge is 0.451 e. The number of carbonyl (C=O) groups excluding carboxylic acids is 3. The van der Waals surface area contributed by atoms with Crippen LogP contribution in [0.2, 0.25) is 0 Å². The minimum Gasteiger partial charge on any atom is -0.451 e. The molecule has 0 aliphatic heterocycles. The van der Waals surface area contributed by atoms with E-state index in [9.17, 15) is 14.4 Å². The lowest BCUT2D eigenvalue weighted by molar-refractivity contribution is -0.154. The number of nitrogens with one attached hydrogen (secondary N) is 2. The van der Waals surface area contributed by atoms with Crippen LogP contribution in [0.3, 0.4) is 0 Å². The van der Waals surface area contributed by atoms with Crippen LogP contribution in [0.1, 0.15) is 18.1 Å². The van der Waals surface area contributed by atoms with Crippen LogP contribution in [-0.4, -0.2) is 30.4 Å². The quantitative estimate of drug-likeness (QED) is 0.705. The van der Waals surface area contributed by atoms with E-state index >= 15 is 0 Å². The van der Waals surface area contributed by atoms with Gasteiger partial charge in [-0.3, -0.25) is 14.4 Å². The summed E-state index contributed by atoms with van der Waals surface area (Å²) in [6, 6.07) is 18.6. The molecule has 2 amide bonds. The van der Waals surface area contributed by atoms with E-state index in [-0.39, 0.29) is 18.9 Å². The average Bonchev–Trinajstić information content (AvgIpc) is 2.66. The minimum absolute atomic E-state index is 0.182. The Morgan fingerprint density at radius 2 is 1.46 bits per heavy atom. The highest BCUT2D eigenvalue weighted by Gasteiger charge is 2.17. The Morgan fingerprint density at radius 1 is 0.885 bits per heavy atom. The van der Waals surface area contributed by atoms with Crippen molar-refractivity contribution >= 4 is 17.8 Å². The summed E-state index contributed by atoms with van der Waals surface area (Å²) in [5, 5.41) is 5.19. The third-order valence-electron chi connectivity index (χ3n) is 3.62. The first-order valence-electron chi connectivity index (χ1n) is 8.36. The van der Waals surface area contributed by atoms with Crippen LogP contribution >= 0.6 is 0 Å². The molecular weight excluding hydrogens is 332 g/mol. The molecule has 6 nitrogen and oxygen atoms in total. The summed E-state index contributed by atoms with van der Waals surface area (Å²) in [4.78, 5) is 35.5. The fourth-order valence-corrected chi connectivity index (χ4v) is 2.24. The number of carbonyl (C=O) groups is 3. The number of ether oxygens (including phenoxy) is 1. The molecule has 136 valence electrons. The summed E-state index contributed by atoms with van der Waals surface area (Å²) in [6.45, 7) is 1.57. The number of benzene rings is 2. The van der Waals surface area contributed by atoms with E-state index in [1.807, 2.05) is 60.7 Å². The van der Waals surface area contributed by atoms with E-state index in [0.29, 0.717) is 6.54 Å². The highest BCUT2D eigenvalue weighted by molar-refractivity contribution is 5.86. The van der Waals surface area contributed by atoms with Gasteiger partial charge in [-0.05, 0) is 18.1 Å². The molecular formula is C20H22N2O4. The Morgan fingerprint density at radius 3 is 2.08 bits per heavy atom. The van der Waals surface area contributed by atoms with Crippen LogP contribution in [0.15, 0.2) is 60.7 Å². The third kappa shape index (κ3) is 6.76. The first kappa shape index (κ1) is 19.2. The van der Waals surface area contributed by atoms with Crippen molar-refractivity contribution in [2.24, 2.45) is 0 Å². The summed E-state index contributed by atoms with van der Waals surface area (Å²) >= 11 is 0. The maximum absolute atomic E-state index is 12.0. The highest BCUT2D eigenvalue weighted by atomic mass is 16.5. The summed E-state index contributed by atoms with van der Waals surface area (Å²) in [5.41, 5.74) is 1.81. The van der Waals surface area contributed by atoms with Crippen molar-refractivity contribution in [3.8, 4) is 0 Å². The summed E-state index contributed by atoms with van der Waals surface area (Å²) in [6.07, 6.45) is -0.751. The maximum atomic E-state index is 12.0. The van der Waals surface area contributed by atoms with Gasteiger partial charge in [-0.15, -0.1) is 0 Å². The molecule has 1 unspecified atom stereocenters. The number of hydrogen-bond acceptors (Lipinski definition) is 4. The average molecular weight is 354 g/mol. The molecule has 2 N–H and O–H groups in total. The zero-order valence-corrected chi connectivity index (χ0v) is 14.6.